The highest BCUT2D eigenvalue weighted by Gasteiger charge is 2.27. The number of urea groups is 1. The molecular weight excluding hydrogens is 410 g/mol. The highest BCUT2D eigenvalue weighted by atomic mass is 35.5. The van der Waals surface area contributed by atoms with Gasteiger partial charge in [-0.15, -0.1) is 10.2 Å². The van der Waals surface area contributed by atoms with E-state index in [2.05, 4.69) is 15.5 Å². The van der Waals surface area contributed by atoms with Gasteiger partial charge in [-0.25, -0.2) is 4.79 Å². The normalized spacial score (nSPS) is 13.6. The lowest BCUT2D eigenvalue weighted by molar-refractivity contribution is -0.124. The SMILES string of the molecule is Cc1ccc(-n2c(SCC(=O)N3CCNC3=O)nnc2-c2ccc(Cl)cc2)cc1. The molecule has 0 unspecified atom stereocenters. The summed E-state index contributed by atoms with van der Waals surface area (Å²) in [5.41, 5.74) is 2.89. The second-order valence-corrected chi connectivity index (χ2v) is 7.93. The van der Waals surface area contributed by atoms with E-state index < -0.39 is 0 Å². The molecule has 1 N–H and O–H groups in total. The third-order valence-corrected chi connectivity index (χ3v) is 5.68. The third-order valence-electron chi connectivity index (χ3n) is 4.51. The number of aryl methyl sites for hydroxylation is 1. The van der Waals surface area contributed by atoms with Crippen molar-refractivity contribution < 1.29 is 9.59 Å². The summed E-state index contributed by atoms with van der Waals surface area (Å²) in [5.74, 6) is 0.494. The van der Waals surface area contributed by atoms with E-state index in [0.717, 1.165) is 16.8 Å². The first-order chi connectivity index (χ1) is 14.0. The number of nitrogens with one attached hydrogen (secondary N) is 1. The van der Waals surface area contributed by atoms with Crippen molar-refractivity contribution in [2.45, 2.75) is 12.1 Å². The molecule has 3 amide bonds. The number of hydrogen-bond acceptors (Lipinski definition) is 5. The average Bonchev–Trinajstić information content (AvgIpc) is 3.34. The molecule has 0 spiro atoms. The van der Waals surface area contributed by atoms with Crippen LogP contribution in [0.15, 0.2) is 53.7 Å². The molecule has 0 saturated carbocycles. The Labute approximate surface area is 177 Å². The molecule has 1 saturated heterocycles. The van der Waals surface area contributed by atoms with Gasteiger partial charge in [-0.3, -0.25) is 14.3 Å². The van der Waals surface area contributed by atoms with Crippen LogP contribution in [0.3, 0.4) is 0 Å². The predicted molar refractivity (Wildman–Crippen MR) is 112 cm³/mol. The number of benzene rings is 2. The van der Waals surface area contributed by atoms with Crippen LogP contribution >= 0.6 is 23.4 Å². The standard InChI is InChI=1S/C20H18ClN5O2S/c1-13-2-8-16(9-3-13)26-18(14-4-6-15(21)7-5-14)23-24-20(26)29-12-17(27)25-11-10-22-19(25)28/h2-9H,10-12H2,1H3,(H,22,28). The van der Waals surface area contributed by atoms with Gasteiger partial charge >= 0.3 is 6.03 Å². The second-order valence-electron chi connectivity index (χ2n) is 6.55. The first-order valence-electron chi connectivity index (χ1n) is 9.02. The Hall–Kier alpha value is -2.84. The summed E-state index contributed by atoms with van der Waals surface area (Å²) in [4.78, 5) is 25.3. The fourth-order valence-electron chi connectivity index (χ4n) is 2.99. The van der Waals surface area contributed by atoms with Gasteiger partial charge < -0.3 is 5.32 Å². The molecule has 1 aliphatic rings. The van der Waals surface area contributed by atoms with Crippen molar-refractivity contribution in [1.82, 2.24) is 25.0 Å². The van der Waals surface area contributed by atoms with Gasteiger partial charge in [0.25, 0.3) is 0 Å². The van der Waals surface area contributed by atoms with Gasteiger partial charge in [-0.2, -0.15) is 0 Å². The number of amides is 3. The van der Waals surface area contributed by atoms with Crippen LogP contribution in [0, 0.1) is 6.92 Å². The van der Waals surface area contributed by atoms with Gasteiger partial charge in [-0.1, -0.05) is 41.1 Å². The van der Waals surface area contributed by atoms with E-state index in [9.17, 15) is 9.59 Å². The molecule has 2 heterocycles. The Bertz CT molecular complexity index is 1050. The first kappa shape index (κ1) is 19.5. The van der Waals surface area contributed by atoms with E-state index >= 15 is 0 Å². The summed E-state index contributed by atoms with van der Waals surface area (Å²) in [6.45, 7) is 2.89. The molecule has 1 aliphatic heterocycles. The number of hydrogen-bond donors (Lipinski definition) is 1. The van der Waals surface area contributed by atoms with Gasteiger partial charge in [-0.05, 0) is 43.3 Å². The lowest BCUT2D eigenvalue weighted by Crippen LogP contribution is -2.35. The van der Waals surface area contributed by atoms with Crippen molar-refractivity contribution in [3.8, 4) is 17.1 Å². The molecule has 3 aromatic rings. The number of thioether (sulfide) groups is 1. The van der Waals surface area contributed by atoms with Crippen molar-refractivity contribution in [2.24, 2.45) is 0 Å². The van der Waals surface area contributed by atoms with Crippen molar-refractivity contribution in [2.75, 3.05) is 18.8 Å². The zero-order valence-corrected chi connectivity index (χ0v) is 17.2. The van der Waals surface area contributed by atoms with Crippen molar-refractivity contribution >= 4 is 35.3 Å². The van der Waals surface area contributed by atoms with Crippen molar-refractivity contribution in [3.63, 3.8) is 0 Å². The molecule has 0 atom stereocenters. The van der Waals surface area contributed by atoms with Crippen LogP contribution in [0.5, 0.6) is 0 Å². The Morgan fingerprint density at radius 1 is 1.14 bits per heavy atom. The summed E-state index contributed by atoms with van der Waals surface area (Å²) in [6.07, 6.45) is 0. The molecule has 4 rings (SSSR count). The van der Waals surface area contributed by atoms with E-state index in [-0.39, 0.29) is 17.7 Å². The summed E-state index contributed by atoms with van der Waals surface area (Å²) >= 11 is 7.27. The maximum atomic E-state index is 12.4. The number of carbonyl (C=O) groups is 2. The lowest BCUT2D eigenvalue weighted by Gasteiger charge is -2.13. The highest BCUT2D eigenvalue weighted by molar-refractivity contribution is 7.99. The molecule has 7 nitrogen and oxygen atoms in total. The topological polar surface area (TPSA) is 80.1 Å². The number of nitrogens with zero attached hydrogens (tertiary/aromatic N) is 4. The number of aromatic nitrogens is 3. The van der Waals surface area contributed by atoms with Crippen LogP contribution in [0.1, 0.15) is 5.56 Å². The summed E-state index contributed by atoms with van der Waals surface area (Å²) in [7, 11) is 0. The quantitative estimate of drug-likeness (QED) is 0.630. The Kier molecular flexibility index (Phi) is 5.55. The van der Waals surface area contributed by atoms with E-state index in [0.29, 0.717) is 29.1 Å². The maximum Gasteiger partial charge on any atom is 0.324 e. The molecular formula is C20H18ClN5O2S. The lowest BCUT2D eigenvalue weighted by atomic mass is 10.2. The fourth-order valence-corrected chi connectivity index (χ4v) is 3.94. The van der Waals surface area contributed by atoms with Crippen LogP contribution < -0.4 is 5.32 Å². The number of carbonyl (C=O) groups excluding carboxylic acids is 2. The van der Waals surface area contributed by atoms with Crippen LogP contribution in [0.2, 0.25) is 5.02 Å². The zero-order valence-electron chi connectivity index (χ0n) is 15.6. The largest absolute Gasteiger partial charge is 0.336 e. The average molecular weight is 428 g/mol. The molecule has 0 radical (unpaired) electrons. The first-order valence-corrected chi connectivity index (χ1v) is 10.4. The predicted octanol–water partition coefficient (Wildman–Crippen LogP) is 3.54. The van der Waals surface area contributed by atoms with Crippen LogP contribution in [-0.4, -0.2) is 50.4 Å². The molecule has 0 aliphatic carbocycles. The Balaban J connectivity index is 1.66. The molecule has 2 aromatic carbocycles. The van der Waals surface area contributed by atoms with E-state index in [1.165, 1.54) is 16.7 Å². The monoisotopic (exact) mass is 427 g/mol. The summed E-state index contributed by atoms with van der Waals surface area (Å²) < 4.78 is 1.91. The van der Waals surface area contributed by atoms with Crippen molar-refractivity contribution in [3.05, 3.63) is 59.1 Å². The van der Waals surface area contributed by atoms with Gasteiger partial charge in [0.15, 0.2) is 11.0 Å². The highest BCUT2D eigenvalue weighted by Crippen LogP contribution is 2.29. The molecule has 0 bridgehead atoms. The fraction of sp³-hybridized carbons (Fsp3) is 0.200. The Morgan fingerprint density at radius 3 is 2.52 bits per heavy atom. The summed E-state index contributed by atoms with van der Waals surface area (Å²) in [5, 5.41) is 12.5. The summed E-state index contributed by atoms with van der Waals surface area (Å²) in [6, 6.07) is 15.0. The second kappa shape index (κ2) is 8.26. The van der Waals surface area contributed by atoms with E-state index in [1.54, 1.807) is 12.1 Å². The van der Waals surface area contributed by atoms with Gasteiger partial charge in [0.2, 0.25) is 5.91 Å². The molecule has 29 heavy (non-hydrogen) atoms. The van der Waals surface area contributed by atoms with Gasteiger partial charge in [0.05, 0.1) is 5.75 Å². The molecule has 148 valence electrons. The minimum Gasteiger partial charge on any atom is -0.336 e. The smallest absolute Gasteiger partial charge is 0.324 e. The molecule has 9 heteroatoms. The number of rotatable bonds is 5. The molecule has 1 aromatic heterocycles. The van der Waals surface area contributed by atoms with E-state index in [4.69, 9.17) is 11.6 Å². The maximum absolute atomic E-state index is 12.4. The number of halogens is 1. The zero-order chi connectivity index (χ0) is 20.4. The van der Waals surface area contributed by atoms with Gasteiger partial charge in [0, 0.05) is 29.4 Å². The van der Waals surface area contributed by atoms with Crippen molar-refractivity contribution in [1.29, 1.82) is 0 Å². The van der Waals surface area contributed by atoms with E-state index in [1.807, 2.05) is 47.9 Å². The number of imide groups is 1. The van der Waals surface area contributed by atoms with Crippen LogP contribution in [0.25, 0.3) is 17.1 Å². The third kappa shape index (κ3) is 4.13. The van der Waals surface area contributed by atoms with Crippen LogP contribution in [-0.2, 0) is 4.79 Å². The minimum atomic E-state index is -0.350. The van der Waals surface area contributed by atoms with Crippen LogP contribution in [0.4, 0.5) is 4.79 Å². The molecule has 1 fully saturated rings. The van der Waals surface area contributed by atoms with Gasteiger partial charge in [0.1, 0.15) is 0 Å². The minimum absolute atomic E-state index is 0.0953. The Morgan fingerprint density at radius 2 is 1.86 bits per heavy atom.